The summed E-state index contributed by atoms with van der Waals surface area (Å²) in [7, 11) is 0. The van der Waals surface area contributed by atoms with Crippen molar-refractivity contribution in [1.29, 1.82) is 0 Å². The van der Waals surface area contributed by atoms with Crippen LogP contribution in [0.1, 0.15) is 49.4 Å². The smallest absolute Gasteiger partial charge is 0.322 e. The third-order valence-corrected chi connectivity index (χ3v) is 5.60. The highest BCUT2D eigenvalue weighted by Gasteiger charge is 2.35. The molecule has 6 heteroatoms. The first-order chi connectivity index (χ1) is 14.5. The molecule has 1 aliphatic rings. The minimum Gasteiger partial charge on any atom is -0.334 e. The van der Waals surface area contributed by atoms with Crippen LogP contribution in [0, 0.1) is 6.92 Å². The molecule has 1 unspecified atom stereocenters. The molecule has 6 nitrogen and oxygen atoms in total. The topological polar surface area (TPSA) is 71.3 Å². The van der Waals surface area contributed by atoms with Gasteiger partial charge < -0.3 is 9.84 Å². The lowest BCUT2D eigenvalue weighted by atomic mass is 9.94. The third-order valence-electron chi connectivity index (χ3n) is 5.60. The van der Waals surface area contributed by atoms with E-state index in [0.29, 0.717) is 18.3 Å². The molecule has 0 radical (unpaired) electrons. The zero-order chi connectivity index (χ0) is 21.3. The number of aryl methyl sites for hydroxylation is 2. The predicted molar refractivity (Wildman–Crippen MR) is 117 cm³/mol. The lowest BCUT2D eigenvalue weighted by Gasteiger charge is -2.34. The van der Waals surface area contributed by atoms with Crippen molar-refractivity contribution in [2.24, 2.45) is 0 Å². The van der Waals surface area contributed by atoms with Crippen LogP contribution < -0.4 is 5.32 Å². The van der Waals surface area contributed by atoms with E-state index in [1.54, 1.807) is 4.90 Å². The monoisotopic (exact) mass is 402 g/mol. The summed E-state index contributed by atoms with van der Waals surface area (Å²) in [5, 5.41) is 7.31. The Morgan fingerprint density at radius 3 is 2.37 bits per heavy atom. The summed E-state index contributed by atoms with van der Waals surface area (Å²) in [6, 6.07) is 15.8. The van der Waals surface area contributed by atoms with Crippen molar-refractivity contribution in [1.82, 2.24) is 20.4 Å². The van der Waals surface area contributed by atoms with Gasteiger partial charge in [0, 0.05) is 17.8 Å². The van der Waals surface area contributed by atoms with Crippen molar-refractivity contribution >= 4 is 11.6 Å². The fourth-order valence-electron chi connectivity index (χ4n) is 3.79. The van der Waals surface area contributed by atoms with Crippen molar-refractivity contribution in [3.8, 4) is 11.4 Å². The molecule has 1 aromatic heterocycles. The lowest BCUT2D eigenvalue weighted by Crippen LogP contribution is -2.45. The Morgan fingerprint density at radius 2 is 1.73 bits per heavy atom. The van der Waals surface area contributed by atoms with Gasteiger partial charge in [0.15, 0.2) is 0 Å². The van der Waals surface area contributed by atoms with Gasteiger partial charge in [0.05, 0.1) is 11.6 Å². The number of allylic oxidation sites excluding steroid dienone is 1. The summed E-state index contributed by atoms with van der Waals surface area (Å²) in [4.78, 5) is 19.1. The van der Waals surface area contributed by atoms with Crippen LogP contribution in [-0.4, -0.2) is 27.6 Å². The molecule has 1 aliphatic heterocycles. The van der Waals surface area contributed by atoms with E-state index in [9.17, 15) is 4.79 Å². The molecule has 1 atom stereocenters. The molecule has 0 saturated heterocycles. The van der Waals surface area contributed by atoms with Crippen molar-refractivity contribution < 1.29 is 9.32 Å². The number of carbonyl (C=O) groups is 1. The average molecular weight is 402 g/mol. The Hall–Kier alpha value is -3.41. The predicted octanol–water partition coefficient (Wildman–Crippen LogP) is 5.12. The van der Waals surface area contributed by atoms with E-state index in [1.165, 1.54) is 11.1 Å². The van der Waals surface area contributed by atoms with E-state index in [2.05, 4.69) is 46.6 Å². The molecule has 0 fully saturated rings. The molecular weight excluding hydrogens is 376 g/mol. The van der Waals surface area contributed by atoms with Gasteiger partial charge in [-0.15, -0.1) is 0 Å². The molecule has 0 spiro atoms. The zero-order valence-electron chi connectivity index (χ0n) is 17.8. The van der Waals surface area contributed by atoms with Crippen LogP contribution in [0.4, 0.5) is 4.79 Å². The van der Waals surface area contributed by atoms with E-state index in [-0.39, 0.29) is 12.1 Å². The molecule has 30 heavy (non-hydrogen) atoms. The Labute approximate surface area is 176 Å². The second kappa shape index (κ2) is 8.14. The molecule has 0 saturated carbocycles. The van der Waals surface area contributed by atoms with Gasteiger partial charge in [0.2, 0.25) is 5.82 Å². The lowest BCUT2D eigenvalue weighted by molar-refractivity contribution is 0.207. The SMILES string of the molecule is CCc1ccc(C2NC(=O)N(CC)C(C)=C2c2nc(-c3ccc(C)cc3)no2)cc1. The molecular formula is C24H26N4O2. The van der Waals surface area contributed by atoms with Crippen LogP contribution >= 0.6 is 0 Å². The van der Waals surface area contributed by atoms with Crippen LogP contribution in [0.5, 0.6) is 0 Å². The van der Waals surface area contributed by atoms with E-state index in [1.807, 2.05) is 45.0 Å². The number of nitrogens with zero attached hydrogens (tertiary/aromatic N) is 3. The number of aromatic nitrogens is 2. The van der Waals surface area contributed by atoms with E-state index in [0.717, 1.165) is 28.8 Å². The Bertz CT molecular complexity index is 1080. The second-order valence-electron chi connectivity index (χ2n) is 7.51. The zero-order valence-corrected chi connectivity index (χ0v) is 17.8. The van der Waals surface area contributed by atoms with Gasteiger partial charge in [-0.1, -0.05) is 66.2 Å². The van der Waals surface area contributed by atoms with Gasteiger partial charge >= 0.3 is 6.03 Å². The number of nitrogens with one attached hydrogen (secondary N) is 1. The van der Waals surface area contributed by atoms with Crippen LogP contribution in [0.25, 0.3) is 17.0 Å². The summed E-state index contributed by atoms with van der Waals surface area (Å²) < 4.78 is 5.69. The number of hydrogen-bond donors (Lipinski definition) is 1. The molecule has 3 aromatic rings. The highest BCUT2D eigenvalue weighted by molar-refractivity contribution is 5.86. The average Bonchev–Trinajstić information content (AvgIpc) is 3.24. The molecule has 0 bridgehead atoms. The normalized spacial score (nSPS) is 16.7. The summed E-state index contributed by atoms with van der Waals surface area (Å²) in [5.74, 6) is 0.955. The first-order valence-corrected chi connectivity index (χ1v) is 10.3. The Balaban J connectivity index is 1.79. The summed E-state index contributed by atoms with van der Waals surface area (Å²) in [6.07, 6.45) is 0.964. The number of carbonyl (C=O) groups excluding carboxylic acids is 1. The van der Waals surface area contributed by atoms with E-state index in [4.69, 9.17) is 4.52 Å². The second-order valence-corrected chi connectivity index (χ2v) is 7.51. The van der Waals surface area contributed by atoms with E-state index < -0.39 is 0 Å². The molecule has 154 valence electrons. The fourth-order valence-corrected chi connectivity index (χ4v) is 3.79. The quantitative estimate of drug-likeness (QED) is 0.643. The highest BCUT2D eigenvalue weighted by atomic mass is 16.5. The number of benzene rings is 2. The highest BCUT2D eigenvalue weighted by Crippen LogP contribution is 2.37. The molecule has 2 heterocycles. The molecule has 2 aromatic carbocycles. The minimum absolute atomic E-state index is 0.124. The minimum atomic E-state index is -0.350. The number of rotatable bonds is 5. The maximum atomic E-state index is 12.7. The van der Waals surface area contributed by atoms with Gasteiger partial charge in [-0.3, -0.25) is 4.90 Å². The van der Waals surface area contributed by atoms with Crippen molar-refractivity contribution in [3.63, 3.8) is 0 Å². The largest absolute Gasteiger partial charge is 0.334 e. The third kappa shape index (κ3) is 3.61. The summed E-state index contributed by atoms with van der Waals surface area (Å²) in [6.45, 7) is 8.60. The van der Waals surface area contributed by atoms with Crippen molar-refractivity contribution in [2.75, 3.05) is 6.54 Å². The van der Waals surface area contributed by atoms with Gasteiger partial charge in [0.1, 0.15) is 0 Å². The molecule has 2 amide bonds. The van der Waals surface area contributed by atoms with E-state index >= 15 is 0 Å². The number of amides is 2. The number of urea groups is 1. The fraction of sp³-hybridized carbons (Fsp3) is 0.292. The standard InChI is InChI=1S/C24H26N4O2/c1-5-17-9-13-18(14-10-17)21-20(16(4)28(6-2)24(29)25-21)23-26-22(27-30-23)19-11-7-15(3)8-12-19/h7-14,21H,5-6H2,1-4H3,(H,25,29). The van der Waals surface area contributed by atoms with Crippen LogP contribution in [-0.2, 0) is 6.42 Å². The van der Waals surface area contributed by atoms with Crippen molar-refractivity contribution in [2.45, 2.75) is 40.2 Å². The number of hydrogen-bond acceptors (Lipinski definition) is 4. The first kappa shape index (κ1) is 19.9. The van der Waals surface area contributed by atoms with Crippen LogP contribution in [0.3, 0.4) is 0 Å². The molecule has 1 N–H and O–H groups in total. The van der Waals surface area contributed by atoms with Crippen molar-refractivity contribution in [3.05, 3.63) is 76.8 Å². The van der Waals surface area contributed by atoms with Gasteiger partial charge in [-0.25, -0.2) is 4.79 Å². The maximum absolute atomic E-state index is 12.7. The summed E-state index contributed by atoms with van der Waals surface area (Å²) >= 11 is 0. The van der Waals surface area contributed by atoms with Crippen LogP contribution in [0.15, 0.2) is 58.8 Å². The van der Waals surface area contributed by atoms with Gasteiger partial charge in [0.25, 0.3) is 5.89 Å². The van der Waals surface area contributed by atoms with Gasteiger partial charge in [-0.2, -0.15) is 4.98 Å². The summed E-state index contributed by atoms with van der Waals surface area (Å²) in [5.41, 5.74) is 5.95. The Kier molecular flexibility index (Phi) is 5.40. The Morgan fingerprint density at radius 1 is 1.03 bits per heavy atom. The molecule has 0 aliphatic carbocycles. The maximum Gasteiger partial charge on any atom is 0.322 e. The van der Waals surface area contributed by atoms with Crippen LogP contribution in [0.2, 0.25) is 0 Å². The first-order valence-electron chi connectivity index (χ1n) is 10.3. The van der Waals surface area contributed by atoms with Gasteiger partial charge in [-0.05, 0) is 38.3 Å². The molecule has 4 rings (SSSR count).